The summed E-state index contributed by atoms with van der Waals surface area (Å²) >= 11 is 0. The fraction of sp³-hybridized carbons (Fsp3) is 0.0638. The van der Waals surface area contributed by atoms with Gasteiger partial charge in [-0.25, -0.2) is 9.97 Å². The number of fused-ring (bicyclic) bond motifs is 10. The molecule has 0 amide bonds. The first-order valence-corrected chi connectivity index (χ1v) is 17.6. The van der Waals surface area contributed by atoms with E-state index in [0.717, 1.165) is 33.7 Å². The van der Waals surface area contributed by atoms with Crippen LogP contribution in [0.25, 0.3) is 88.5 Å². The van der Waals surface area contributed by atoms with Crippen molar-refractivity contribution in [2.24, 2.45) is 0 Å². The van der Waals surface area contributed by atoms with Gasteiger partial charge in [-0.1, -0.05) is 123 Å². The van der Waals surface area contributed by atoms with E-state index < -0.39 is 0 Å². The Morgan fingerprint density at radius 2 is 1.04 bits per heavy atom. The van der Waals surface area contributed by atoms with Gasteiger partial charge in [-0.3, -0.25) is 4.57 Å². The van der Waals surface area contributed by atoms with Crippen LogP contribution in [0.3, 0.4) is 0 Å². The zero-order valence-electron chi connectivity index (χ0n) is 28.3. The van der Waals surface area contributed by atoms with Crippen LogP contribution in [0.15, 0.2) is 158 Å². The molecule has 0 radical (unpaired) electrons. The van der Waals surface area contributed by atoms with Gasteiger partial charge in [0, 0.05) is 49.3 Å². The topological polar surface area (TPSA) is 35.6 Å². The van der Waals surface area contributed by atoms with E-state index in [2.05, 4.69) is 181 Å². The van der Waals surface area contributed by atoms with Crippen molar-refractivity contribution in [3.8, 4) is 34.2 Å². The first-order chi connectivity index (χ1) is 25.1. The van der Waals surface area contributed by atoms with Crippen LogP contribution in [0.1, 0.15) is 25.0 Å². The second-order valence-electron chi connectivity index (χ2n) is 14.3. The molecular weight excluding hydrogens is 621 g/mol. The van der Waals surface area contributed by atoms with Crippen LogP contribution in [0.4, 0.5) is 0 Å². The molecule has 0 saturated carbocycles. The monoisotopic (exact) mass is 652 g/mol. The average Bonchev–Trinajstić information content (AvgIpc) is 3.76. The van der Waals surface area contributed by atoms with Crippen LogP contribution in [-0.4, -0.2) is 19.1 Å². The summed E-state index contributed by atoms with van der Waals surface area (Å²) in [6.07, 6.45) is 0. The van der Waals surface area contributed by atoms with Crippen molar-refractivity contribution in [2.45, 2.75) is 19.3 Å². The van der Waals surface area contributed by atoms with E-state index in [9.17, 15) is 0 Å². The lowest BCUT2D eigenvalue weighted by Gasteiger charge is -2.24. The number of aromatic nitrogens is 4. The molecule has 0 unspecified atom stereocenters. The smallest absolute Gasteiger partial charge is 0.235 e. The molecule has 10 aromatic rings. The third kappa shape index (κ3) is 3.90. The number of hydrogen-bond acceptors (Lipinski definition) is 2. The lowest BCUT2D eigenvalue weighted by Crippen LogP contribution is -2.18. The summed E-state index contributed by atoms with van der Waals surface area (Å²) in [6.45, 7) is 4.63. The Morgan fingerprint density at radius 1 is 0.451 bits per heavy atom. The van der Waals surface area contributed by atoms with Crippen molar-refractivity contribution in [3.05, 3.63) is 169 Å². The number of benzene rings is 7. The fourth-order valence-corrected chi connectivity index (χ4v) is 8.76. The van der Waals surface area contributed by atoms with E-state index in [0.29, 0.717) is 5.95 Å². The predicted octanol–water partition coefficient (Wildman–Crippen LogP) is 11.8. The van der Waals surface area contributed by atoms with Crippen molar-refractivity contribution in [2.75, 3.05) is 0 Å². The quantitative estimate of drug-likeness (QED) is 0.190. The first-order valence-electron chi connectivity index (χ1n) is 17.6. The summed E-state index contributed by atoms with van der Waals surface area (Å²) in [6, 6.07) is 56.8. The van der Waals surface area contributed by atoms with Gasteiger partial charge in [-0.15, -0.1) is 0 Å². The Bertz CT molecular complexity index is 3050. The summed E-state index contributed by atoms with van der Waals surface area (Å²) in [5.41, 5.74) is 12.1. The molecule has 4 heteroatoms. The SMILES string of the molecule is CC1(C)c2ccccc2-c2nc(-n3c4ccccc4c4cc5ccccc5cc43)nc(-c3ccc4c(c3)c3ccccc3n4-c3ccccc3)c21. The van der Waals surface area contributed by atoms with Crippen molar-refractivity contribution in [1.29, 1.82) is 0 Å². The molecule has 11 rings (SSSR count). The van der Waals surface area contributed by atoms with Crippen LogP contribution >= 0.6 is 0 Å². The summed E-state index contributed by atoms with van der Waals surface area (Å²) in [7, 11) is 0. The van der Waals surface area contributed by atoms with E-state index >= 15 is 0 Å². The van der Waals surface area contributed by atoms with E-state index in [1.165, 1.54) is 60.0 Å². The molecule has 0 atom stereocenters. The number of para-hydroxylation sites is 3. The van der Waals surface area contributed by atoms with Crippen molar-refractivity contribution in [1.82, 2.24) is 19.1 Å². The van der Waals surface area contributed by atoms with Gasteiger partial charge < -0.3 is 4.57 Å². The highest BCUT2D eigenvalue weighted by atomic mass is 15.2. The highest BCUT2D eigenvalue weighted by Gasteiger charge is 2.40. The molecule has 0 saturated heterocycles. The molecule has 0 N–H and O–H groups in total. The lowest BCUT2D eigenvalue weighted by molar-refractivity contribution is 0.657. The van der Waals surface area contributed by atoms with Crippen LogP contribution in [-0.2, 0) is 5.41 Å². The molecule has 51 heavy (non-hydrogen) atoms. The maximum absolute atomic E-state index is 5.61. The number of nitrogens with zero attached hydrogens (tertiary/aromatic N) is 4. The first kappa shape index (κ1) is 28.3. The Kier molecular flexibility index (Phi) is 5.70. The van der Waals surface area contributed by atoms with Gasteiger partial charge in [0.05, 0.1) is 33.5 Å². The highest BCUT2D eigenvalue weighted by Crippen LogP contribution is 2.51. The van der Waals surface area contributed by atoms with Crippen LogP contribution in [0.2, 0.25) is 0 Å². The lowest BCUT2D eigenvalue weighted by atomic mass is 9.81. The molecule has 0 spiro atoms. The Hall–Kier alpha value is -6.52. The van der Waals surface area contributed by atoms with Crippen molar-refractivity contribution in [3.63, 3.8) is 0 Å². The van der Waals surface area contributed by atoms with Gasteiger partial charge in [0.15, 0.2) is 0 Å². The molecule has 0 fully saturated rings. The van der Waals surface area contributed by atoms with Gasteiger partial charge in [0.1, 0.15) is 0 Å². The minimum Gasteiger partial charge on any atom is -0.309 e. The molecule has 0 aliphatic heterocycles. The highest BCUT2D eigenvalue weighted by molar-refractivity contribution is 6.14. The molecule has 240 valence electrons. The Morgan fingerprint density at radius 3 is 1.82 bits per heavy atom. The van der Waals surface area contributed by atoms with Gasteiger partial charge in [-0.2, -0.15) is 0 Å². The molecule has 3 heterocycles. The zero-order chi connectivity index (χ0) is 33.8. The minimum absolute atomic E-state index is 0.288. The Balaban J connectivity index is 1.24. The van der Waals surface area contributed by atoms with Gasteiger partial charge in [0.2, 0.25) is 5.95 Å². The number of hydrogen-bond donors (Lipinski definition) is 0. The largest absolute Gasteiger partial charge is 0.309 e. The summed E-state index contributed by atoms with van der Waals surface area (Å²) in [5.74, 6) is 0.685. The maximum atomic E-state index is 5.61. The van der Waals surface area contributed by atoms with Gasteiger partial charge in [-0.05, 0) is 64.9 Å². The minimum atomic E-state index is -0.288. The zero-order valence-corrected chi connectivity index (χ0v) is 28.3. The van der Waals surface area contributed by atoms with Crippen molar-refractivity contribution >= 4 is 54.4 Å². The summed E-state index contributed by atoms with van der Waals surface area (Å²) < 4.78 is 4.64. The second kappa shape index (κ2) is 10.3. The van der Waals surface area contributed by atoms with Crippen molar-refractivity contribution < 1.29 is 0 Å². The average molecular weight is 653 g/mol. The fourth-order valence-electron chi connectivity index (χ4n) is 8.76. The van der Waals surface area contributed by atoms with E-state index in [-0.39, 0.29) is 5.41 Å². The maximum Gasteiger partial charge on any atom is 0.235 e. The summed E-state index contributed by atoms with van der Waals surface area (Å²) in [5, 5.41) is 7.24. The molecule has 1 aliphatic carbocycles. The molecule has 3 aromatic heterocycles. The summed E-state index contributed by atoms with van der Waals surface area (Å²) in [4.78, 5) is 11.1. The van der Waals surface area contributed by atoms with E-state index in [1.807, 2.05) is 0 Å². The van der Waals surface area contributed by atoms with E-state index in [4.69, 9.17) is 9.97 Å². The molecular formula is C47H32N4. The van der Waals surface area contributed by atoms with E-state index in [1.54, 1.807) is 0 Å². The third-order valence-corrected chi connectivity index (χ3v) is 11.1. The van der Waals surface area contributed by atoms with Crippen LogP contribution < -0.4 is 0 Å². The standard InChI is InChI=1S/C47H32N4/c1-47(2)38-21-11-8-20-35(38)45-43(47)44(31-24-25-41-36(27-31)33-18-9-12-22-39(33)50(41)32-16-4-3-5-17-32)48-46(49-45)51-40-23-13-10-19-34(40)37-26-29-14-6-7-15-30(29)28-42(37)51/h3-28H,1-2H3. The predicted molar refractivity (Wildman–Crippen MR) is 211 cm³/mol. The molecule has 4 nitrogen and oxygen atoms in total. The van der Waals surface area contributed by atoms with Crippen LogP contribution in [0, 0.1) is 0 Å². The van der Waals surface area contributed by atoms with Gasteiger partial charge in [0.25, 0.3) is 0 Å². The molecule has 0 bridgehead atoms. The van der Waals surface area contributed by atoms with Crippen LogP contribution in [0.5, 0.6) is 0 Å². The third-order valence-electron chi connectivity index (χ3n) is 11.1. The molecule has 1 aliphatic rings. The molecule has 7 aromatic carbocycles. The Labute approximate surface area is 294 Å². The van der Waals surface area contributed by atoms with Gasteiger partial charge >= 0.3 is 0 Å². The normalized spacial score (nSPS) is 13.5. The number of rotatable bonds is 3. The second-order valence-corrected chi connectivity index (χ2v) is 14.3.